The number of nitrogens with one attached hydrogen (secondary N) is 1. The van der Waals surface area contributed by atoms with Crippen molar-refractivity contribution in [3.05, 3.63) is 35.0 Å². The van der Waals surface area contributed by atoms with Crippen molar-refractivity contribution in [3.8, 4) is 0 Å². The van der Waals surface area contributed by atoms with E-state index in [1.54, 1.807) is 6.08 Å². The number of allylic oxidation sites excluding steroid dienone is 1. The normalized spacial score (nSPS) is 14.1. The number of rotatable bonds is 6. The van der Waals surface area contributed by atoms with Gasteiger partial charge in [0.2, 0.25) is 5.91 Å². The molecular formula is C12H17NO2S. The summed E-state index contributed by atoms with van der Waals surface area (Å²) < 4.78 is 0. The molecule has 3 nitrogen and oxygen atoms in total. The van der Waals surface area contributed by atoms with Crippen molar-refractivity contribution in [3.63, 3.8) is 0 Å². The fourth-order valence-electron chi connectivity index (χ4n) is 1.37. The number of carbonyl (C=O) groups excluding carboxylic acids is 1. The maximum atomic E-state index is 11.7. The lowest BCUT2D eigenvalue weighted by Crippen LogP contribution is -2.34. The molecule has 1 heterocycles. The summed E-state index contributed by atoms with van der Waals surface area (Å²) in [6.07, 6.45) is 2.37. The van der Waals surface area contributed by atoms with Gasteiger partial charge in [-0.3, -0.25) is 4.79 Å². The zero-order valence-corrected chi connectivity index (χ0v) is 10.2. The lowest BCUT2D eigenvalue weighted by molar-refractivity contribution is -0.125. The van der Waals surface area contributed by atoms with Crippen molar-refractivity contribution in [2.75, 3.05) is 6.61 Å². The fourth-order valence-corrected chi connectivity index (χ4v) is 2.14. The number of thiophene rings is 1. The molecule has 0 radical (unpaired) electrons. The molecule has 0 saturated heterocycles. The van der Waals surface area contributed by atoms with Gasteiger partial charge in [-0.15, -0.1) is 17.9 Å². The maximum absolute atomic E-state index is 11.7. The summed E-state index contributed by atoms with van der Waals surface area (Å²) in [5.74, 6) is -0.154. The van der Waals surface area contributed by atoms with E-state index in [1.165, 1.54) is 11.3 Å². The maximum Gasteiger partial charge on any atom is 0.223 e. The van der Waals surface area contributed by atoms with E-state index in [0.29, 0.717) is 6.42 Å². The van der Waals surface area contributed by atoms with Gasteiger partial charge in [-0.1, -0.05) is 19.1 Å². The Labute approximate surface area is 99.8 Å². The first-order valence-corrected chi connectivity index (χ1v) is 6.12. The molecule has 88 valence electrons. The Morgan fingerprint density at radius 1 is 1.75 bits per heavy atom. The molecule has 0 aliphatic carbocycles. The van der Waals surface area contributed by atoms with Crippen LogP contribution in [-0.4, -0.2) is 17.6 Å². The Morgan fingerprint density at radius 3 is 3.00 bits per heavy atom. The summed E-state index contributed by atoms with van der Waals surface area (Å²) >= 11 is 1.53. The highest BCUT2D eigenvalue weighted by Gasteiger charge is 2.17. The van der Waals surface area contributed by atoms with Crippen molar-refractivity contribution in [2.24, 2.45) is 5.92 Å². The number of amides is 1. The second-order valence-electron chi connectivity index (χ2n) is 3.68. The van der Waals surface area contributed by atoms with E-state index in [0.717, 1.165) is 4.88 Å². The first-order chi connectivity index (χ1) is 7.69. The Kier molecular flexibility index (Phi) is 5.22. The van der Waals surface area contributed by atoms with E-state index >= 15 is 0 Å². The van der Waals surface area contributed by atoms with Gasteiger partial charge in [0.05, 0.1) is 12.6 Å². The fraction of sp³-hybridized carbons (Fsp3) is 0.417. The Balaban J connectivity index is 2.57. The minimum atomic E-state index is -0.292. The summed E-state index contributed by atoms with van der Waals surface area (Å²) in [6, 6.07) is 3.52. The van der Waals surface area contributed by atoms with E-state index in [4.69, 9.17) is 0 Å². The summed E-state index contributed by atoms with van der Waals surface area (Å²) in [7, 11) is 0. The van der Waals surface area contributed by atoms with Gasteiger partial charge in [-0.05, 0) is 17.9 Å². The highest BCUT2D eigenvalue weighted by atomic mass is 32.1. The van der Waals surface area contributed by atoms with Crippen LogP contribution in [0.25, 0.3) is 0 Å². The number of carbonyl (C=O) groups is 1. The molecule has 1 rings (SSSR count). The van der Waals surface area contributed by atoms with E-state index in [9.17, 15) is 9.90 Å². The van der Waals surface area contributed by atoms with Crippen LogP contribution in [0.15, 0.2) is 30.2 Å². The highest BCUT2D eigenvalue weighted by Crippen LogP contribution is 2.19. The lowest BCUT2D eigenvalue weighted by Gasteiger charge is -2.17. The second-order valence-corrected chi connectivity index (χ2v) is 4.66. The average molecular weight is 239 g/mol. The summed E-state index contributed by atoms with van der Waals surface area (Å²) in [6.45, 7) is 5.38. The molecule has 1 aromatic rings. The van der Waals surface area contributed by atoms with E-state index in [1.807, 2.05) is 24.4 Å². The van der Waals surface area contributed by atoms with E-state index < -0.39 is 0 Å². The number of hydrogen-bond acceptors (Lipinski definition) is 3. The third-order valence-electron chi connectivity index (χ3n) is 2.35. The first-order valence-electron chi connectivity index (χ1n) is 5.24. The number of aliphatic hydroxyl groups excluding tert-OH is 1. The van der Waals surface area contributed by atoms with Crippen LogP contribution in [0.1, 0.15) is 24.3 Å². The smallest absolute Gasteiger partial charge is 0.223 e. The Hall–Kier alpha value is -1.13. The molecule has 0 aromatic carbocycles. The van der Waals surface area contributed by atoms with Crippen molar-refractivity contribution < 1.29 is 9.90 Å². The van der Waals surface area contributed by atoms with Crippen LogP contribution in [0.3, 0.4) is 0 Å². The van der Waals surface area contributed by atoms with Crippen LogP contribution in [0, 0.1) is 5.92 Å². The molecule has 0 bridgehead atoms. The zero-order chi connectivity index (χ0) is 12.0. The molecule has 0 fully saturated rings. The molecule has 1 unspecified atom stereocenters. The van der Waals surface area contributed by atoms with E-state index in [2.05, 4.69) is 11.9 Å². The second kappa shape index (κ2) is 6.45. The van der Waals surface area contributed by atoms with Crippen LogP contribution in [0.4, 0.5) is 0 Å². The minimum Gasteiger partial charge on any atom is -0.394 e. The van der Waals surface area contributed by atoms with Gasteiger partial charge in [-0.2, -0.15) is 0 Å². The molecule has 0 spiro atoms. The van der Waals surface area contributed by atoms with Crippen molar-refractivity contribution in [2.45, 2.75) is 19.4 Å². The molecule has 2 atom stereocenters. The molecule has 0 saturated carbocycles. The van der Waals surface area contributed by atoms with Crippen molar-refractivity contribution in [1.29, 1.82) is 0 Å². The van der Waals surface area contributed by atoms with Gasteiger partial charge < -0.3 is 10.4 Å². The van der Waals surface area contributed by atoms with Crippen LogP contribution in [0.5, 0.6) is 0 Å². The highest BCUT2D eigenvalue weighted by molar-refractivity contribution is 7.10. The average Bonchev–Trinajstić information content (AvgIpc) is 2.79. The first kappa shape index (κ1) is 12.9. The Bertz CT molecular complexity index is 335. The molecule has 1 amide bonds. The van der Waals surface area contributed by atoms with Crippen LogP contribution < -0.4 is 5.32 Å². The van der Waals surface area contributed by atoms with Gasteiger partial charge in [0.25, 0.3) is 0 Å². The predicted octanol–water partition coefficient (Wildman–Crippen LogP) is 2.11. The zero-order valence-electron chi connectivity index (χ0n) is 9.35. The minimum absolute atomic E-state index is 0.0487. The molecule has 0 aliphatic rings. The topological polar surface area (TPSA) is 49.3 Å². The van der Waals surface area contributed by atoms with Crippen molar-refractivity contribution >= 4 is 17.2 Å². The lowest BCUT2D eigenvalue weighted by atomic mass is 10.1. The molecule has 0 aliphatic heterocycles. The van der Waals surface area contributed by atoms with Gasteiger partial charge in [-0.25, -0.2) is 0 Å². The van der Waals surface area contributed by atoms with Crippen LogP contribution in [-0.2, 0) is 4.79 Å². The van der Waals surface area contributed by atoms with Crippen molar-refractivity contribution in [1.82, 2.24) is 5.32 Å². The summed E-state index contributed by atoms with van der Waals surface area (Å²) in [5, 5.41) is 14.0. The molecule has 1 aromatic heterocycles. The van der Waals surface area contributed by atoms with Gasteiger partial charge in [0.1, 0.15) is 0 Å². The summed E-state index contributed by atoms with van der Waals surface area (Å²) in [5.41, 5.74) is 0. The third-order valence-corrected chi connectivity index (χ3v) is 3.34. The standard InChI is InChI=1S/C12H17NO2S/c1-3-5-9(2)12(15)13-10(8-14)11-6-4-7-16-11/h3-4,6-7,9-10,14H,1,5,8H2,2H3,(H,13,15)/t9?,10-/m0/s1. The SMILES string of the molecule is C=CCC(C)C(=O)N[C@@H](CO)c1cccs1. The van der Waals surface area contributed by atoms with Gasteiger partial charge >= 0.3 is 0 Å². The number of aliphatic hydroxyl groups is 1. The van der Waals surface area contributed by atoms with Gasteiger partial charge in [0, 0.05) is 10.8 Å². The van der Waals surface area contributed by atoms with Gasteiger partial charge in [0.15, 0.2) is 0 Å². The monoisotopic (exact) mass is 239 g/mol. The van der Waals surface area contributed by atoms with Crippen LogP contribution >= 0.6 is 11.3 Å². The third kappa shape index (κ3) is 3.47. The number of hydrogen-bond donors (Lipinski definition) is 2. The Morgan fingerprint density at radius 2 is 2.50 bits per heavy atom. The predicted molar refractivity (Wildman–Crippen MR) is 66.3 cm³/mol. The van der Waals surface area contributed by atoms with Crippen LogP contribution in [0.2, 0.25) is 0 Å². The molecule has 4 heteroatoms. The largest absolute Gasteiger partial charge is 0.394 e. The summed E-state index contributed by atoms with van der Waals surface area (Å²) in [4.78, 5) is 12.7. The quantitative estimate of drug-likeness (QED) is 0.747. The van der Waals surface area contributed by atoms with E-state index in [-0.39, 0.29) is 24.5 Å². The molecule has 2 N–H and O–H groups in total. The molecular weight excluding hydrogens is 222 g/mol. The molecule has 16 heavy (non-hydrogen) atoms.